The maximum absolute atomic E-state index is 11.9. The van der Waals surface area contributed by atoms with E-state index in [-0.39, 0.29) is 29.7 Å². The molecule has 8 heteroatoms. The number of carbonyl (C=O) groups excluding carboxylic acids is 1. The van der Waals surface area contributed by atoms with Crippen molar-refractivity contribution in [2.45, 2.75) is 12.3 Å². The molecule has 2 aromatic heterocycles. The van der Waals surface area contributed by atoms with E-state index < -0.39 is 0 Å². The van der Waals surface area contributed by atoms with Crippen LogP contribution in [0.3, 0.4) is 0 Å². The number of hydrogen-bond acceptors (Lipinski definition) is 6. The molecule has 128 valence electrons. The Kier molecular flexibility index (Phi) is 5.63. The largest absolute Gasteiger partial charge is 0.346 e. The molecule has 0 bridgehead atoms. The van der Waals surface area contributed by atoms with Crippen molar-refractivity contribution in [1.29, 1.82) is 0 Å². The number of H-pyrrole nitrogens is 1. The van der Waals surface area contributed by atoms with Gasteiger partial charge in [0.1, 0.15) is 0 Å². The molecule has 0 saturated carbocycles. The van der Waals surface area contributed by atoms with Crippen LogP contribution in [0.15, 0.2) is 58.0 Å². The van der Waals surface area contributed by atoms with Gasteiger partial charge in [-0.05, 0) is 17.7 Å². The van der Waals surface area contributed by atoms with Gasteiger partial charge in [0.2, 0.25) is 17.6 Å². The van der Waals surface area contributed by atoms with E-state index in [9.17, 15) is 9.59 Å². The van der Waals surface area contributed by atoms with Gasteiger partial charge in [-0.2, -0.15) is 4.98 Å². The number of carbonyl (C=O) groups is 1. The van der Waals surface area contributed by atoms with Crippen LogP contribution in [0, 0.1) is 0 Å². The number of nitrogens with zero attached hydrogens (tertiary/aromatic N) is 2. The van der Waals surface area contributed by atoms with E-state index in [4.69, 9.17) is 4.52 Å². The first kappa shape index (κ1) is 17.0. The smallest absolute Gasteiger partial charge is 0.259 e. The lowest BCUT2D eigenvalue weighted by molar-refractivity contribution is -0.118. The quantitative estimate of drug-likeness (QED) is 0.671. The molecule has 25 heavy (non-hydrogen) atoms. The highest BCUT2D eigenvalue weighted by molar-refractivity contribution is 7.99. The summed E-state index contributed by atoms with van der Waals surface area (Å²) in [7, 11) is 0. The number of benzene rings is 1. The lowest BCUT2D eigenvalue weighted by Crippen LogP contribution is -2.24. The molecule has 1 aromatic carbocycles. The molecule has 0 radical (unpaired) electrons. The zero-order chi connectivity index (χ0) is 17.5. The molecule has 2 N–H and O–H groups in total. The number of thioether (sulfide) groups is 1. The van der Waals surface area contributed by atoms with Crippen molar-refractivity contribution in [3.8, 4) is 11.4 Å². The molecular formula is C17H16N4O3S. The standard InChI is InChI=1S/C17H16N4O3S/c22-14(11-25-10-12-5-2-1-3-6-12)19-9-15-20-16(21-24-15)13-7-4-8-18-17(13)23/h1-8H,9-11H2,(H,18,23)(H,19,22). The summed E-state index contributed by atoms with van der Waals surface area (Å²) in [5.74, 6) is 1.45. The normalized spacial score (nSPS) is 10.6. The molecular weight excluding hydrogens is 340 g/mol. The molecule has 3 rings (SSSR count). The summed E-state index contributed by atoms with van der Waals surface area (Å²) in [6, 6.07) is 13.2. The Balaban J connectivity index is 1.46. The Morgan fingerprint density at radius 2 is 2.04 bits per heavy atom. The van der Waals surface area contributed by atoms with Gasteiger partial charge >= 0.3 is 0 Å². The number of pyridine rings is 1. The van der Waals surface area contributed by atoms with Crippen LogP contribution in [0.5, 0.6) is 0 Å². The number of amides is 1. The minimum Gasteiger partial charge on any atom is -0.346 e. The van der Waals surface area contributed by atoms with Gasteiger partial charge in [-0.3, -0.25) is 9.59 Å². The van der Waals surface area contributed by atoms with E-state index in [2.05, 4.69) is 20.4 Å². The summed E-state index contributed by atoms with van der Waals surface area (Å²) >= 11 is 1.53. The van der Waals surface area contributed by atoms with Crippen LogP contribution < -0.4 is 10.9 Å². The molecule has 0 atom stereocenters. The van der Waals surface area contributed by atoms with Gasteiger partial charge in [0, 0.05) is 11.9 Å². The SMILES string of the molecule is O=C(CSCc1ccccc1)NCc1nc(-c2ccc[nH]c2=O)no1. The van der Waals surface area contributed by atoms with E-state index in [0.29, 0.717) is 11.3 Å². The molecule has 3 aromatic rings. The molecule has 0 aliphatic rings. The molecule has 2 heterocycles. The second-order valence-corrected chi connectivity index (χ2v) is 6.17. The molecule has 0 spiro atoms. The monoisotopic (exact) mass is 356 g/mol. The van der Waals surface area contributed by atoms with Crippen molar-refractivity contribution in [1.82, 2.24) is 20.4 Å². The fraction of sp³-hybridized carbons (Fsp3) is 0.176. The van der Waals surface area contributed by atoms with Crippen molar-refractivity contribution in [3.63, 3.8) is 0 Å². The number of hydrogen-bond donors (Lipinski definition) is 2. The average molecular weight is 356 g/mol. The first-order valence-electron chi connectivity index (χ1n) is 7.61. The highest BCUT2D eigenvalue weighted by Crippen LogP contribution is 2.12. The van der Waals surface area contributed by atoms with Gasteiger partial charge < -0.3 is 14.8 Å². The second-order valence-electron chi connectivity index (χ2n) is 5.18. The summed E-state index contributed by atoms with van der Waals surface area (Å²) in [4.78, 5) is 30.2. The summed E-state index contributed by atoms with van der Waals surface area (Å²) in [5, 5.41) is 6.49. The molecule has 0 unspecified atom stereocenters. The van der Waals surface area contributed by atoms with Crippen LogP contribution in [0.1, 0.15) is 11.5 Å². The van der Waals surface area contributed by atoms with Crippen molar-refractivity contribution in [2.24, 2.45) is 0 Å². The van der Waals surface area contributed by atoms with Gasteiger partial charge in [-0.1, -0.05) is 35.5 Å². The molecule has 1 amide bonds. The maximum Gasteiger partial charge on any atom is 0.259 e. The van der Waals surface area contributed by atoms with Crippen molar-refractivity contribution < 1.29 is 9.32 Å². The van der Waals surface area contributed by atoms with Crippen LogP contribution in [0.2, 0.25) is 0 Å². The predicted octanol–water partition coefficient (Wildman–Crippen LogP) is 1.97. The Morgan fingerprint density at radius 3 is 2.84 bits per heavy atom. The van der Waals surface area contributed by atoms with Gasteiger partial charge in [-0.25, -0.2) is 0 Å². The van der Waals surface area contributed by atoms with Crippen LogP contribution in [0.4, 0.5) is 0 Å². The van der Waals surface area contributed by atoms with Crippen LogP contribution >= 0.6 is 11.8 Å². The number of aromatic nitrogens is 3. The minimum atomic E-state index is -0.295. The summed E-state index contributed by atoms with van der Waals surface area (Å²) in [5.41, 5.74) is 1.20. The Bertz CT molecular complexity index is 892. The maximum atomic E-state index is 11.9. The third-order valence-corrected chi connectivity index (χ3v) is 4.31. The van der Waals surface area contributed by atoms with Gasteiger partial charge in [0.15, 0.2) is 0 Å². The van der Waals surface area contributed by atoms with Crippen LogP contribution in [-0.2, 0) is 17.1 Å². The third-order valence-electron chi connectivity index (χ3n) is 3.31. The predicted molar refractivity (Wildman–Crippen MR) is 94.8 cm³/mol. The minimum absolute atomic E-state index is 0.113. The Labute approximate surface area is 147 Å². The third kappa shape index (κ3) is 4.80. The van der Waals surface area contributed by atoms with Crippen molar-refractivity contribution in [2.75, 3.05) is 5.75 Å². The van der Waals surface area contributed by atoms with Crippen LogP contribution in [0.25, 0.3) is 11.4 Å². The molecule has 0 fully saturated rings. The summed E-state index contributed by atoms with van der Waals surface area (Å²) in [6.07, 6.45) is 1.53. The van der Waals surface area contributed by atoms with Gasteiger partial charge in [0.25, 0.3) is 5.56 Å². The fourth-order valence-corrected chi connectivity index (χ4v) is 2.91. The van der Waals surface area contributed by atoms with E-state index in [1.165, 1.54) is 23.5 Å². The average Bonchev–Trinajstić information content (AvgIpc) is 3.10. The lowest BCUT2D eigenvalue weighted by atomic mass is 10.2. The number of aromatic amines is 1. The highest BCUT2D eigenvalue weighted by atomic mass is 32.2. The Morgan fingerprint density at radius 1 is 1.20 bits per heavy atom. The first-order chi connectivity index (χ1) is 12.2. The zero-order valence-electron chi connectivity index (χ0n) is 13.3. The van der Waals surface area contributed by atoms with E-state index in [1.54, 1.807) is 12.1 Å². The Hall–Kier alpha value is -2.87. The fourth-order valence-electron chi connectivity index (χ4n) is 2.09. The number of nitrogens with one attached hydrogen (secondary N) is 2. The summed E-state index contributed by atoms with van der Waals surface area (Å²) < 4.78 is 5.06. The first-order valence-corrected chi connectivity index (χ1v) is 8.77. The zero-order valence-corrected chi connectivity index (χ0v) is 14.1. The molecule has 0 saturated heterocycles. The van der Waals surface area contributed by atoms with Gasteiger partial charge in [0.05, 0.1) is 17.9 Å². The topological polar surface area (TPSA) is 101 Å². The van der Waals surface area contributed by atoms with Gasteiger partial charge in [-0.15, -0.1) is 11.8 Å². The number of rotatable bonds is 7. The van der Waals surface area contributed by atoms with E-state index >= 15 is 0 Å². The van der Waals surface area contributed by atoms with Crippen molar-refractivity contribution in [3.05, 3.63) is 70.5 Å². The highest BCUT2D eigenvalue weighted by Gasteiger charge is 2.12. The second kappa shape index (κ2) is 8.29. The van der Waals surface area contributed by atoms with Crippen LogP contribution in [-0.4, -0.2) is 26.8 Å². The van der Waals surface area contributed by atoms with E-state index in [1.807, 2.05) is 30.3 Å². The van der Waals surface area contributed by atoms with E-state index in [0.717, 1.165) is 5.75 Å². The lowest BCUT2D eigenvalue weighted by Gasteiger charge is -2.02. The molecule has 7 nitrogen and oxygen atoms in total. The molecule has 0 aliphatic heterocycles. The molecule has 0 aliphatic carbocycles. The summed E-state index contributed by atoms with van der Waals surface area (Å²) in [6.45, 7) is 0.127. The van der Waals surface area contributed by atoms with Crippen molar-refractivity contribution >= 4 is 17.7 Å².